The van der Waals surface area contributed by atoms with Gasteiger partial charge in [-0.05, 0) is 43.4 Å². The predicted molar refractivity (Wildman–Crippen MR) is 89.6 cm³/mol. The first-order valence-electron chi connectivity index (χ1n) is 8.33. The highest BCUT2D eigenvalue weighted by molar-refractivity contribution is 6.30. The Morgan fingerprint density at radius 3 is 2.35 bits per heavy atom. The lowest BCUT2D eigenvalue weighted by Crippen LogP contribution is -2.53. The number of amides is 1. The second-order valence-electron chi connectivity index (χ2n) is 6.90. The minimum Gasteiger partial charge on any atom is -0.396 e. The number of rotatable bonds is 5. The van der Waals surface area contributed by atoms with Gasteiger partial charge in [0.25, 0.3) is 0 Å². The number of carbonyl (C=O) groups is 1. The van der Waals surface area contributed by atoms with Crippen molar-refractivity contribution in [1.82, 2.24) is 5.32 Å². The smallest absolute Gasteiger partial charge is 0.230 e. The molecule has 2 N–H and O–H groups in total. The zero-order valence-corrected chi connectivity index (χ0v) is 14.1. The Hall–Kier alpha value is -1.10. The standard InChI is InChI=1S/C18H24ClNO3/c19-15-4-2-14(3-5-15)18(6-1-7-18)16(22)20-12-17(13-21)8-10-23-11-9-17/h2-5,21H,1,6-13H2,(H,20,22). The SMILES string of the molecule is O=C(NCC1(CO)CCOCC1)C1(c2ccc(Cl)cc2)CCC1. The van der Waals surface area contributed by atoms with E-state index in [-0.39, 0.29) is 17.9 Å². The van der Waals surface area contributed by atoms with E-state index in [0.717, 1.165) is 37.7 Å². The molecule has 1 aliphatic heterocycles. The molecule has 0 radical (unpaired) electrons. The lowest BCUT2D eigenvalue weighted by Gasteiger charge is -2.42. The zero-order chi connectivity index (χ0) is 16.3. The van der Waals surface area contributed by atoms with Crippen LogP contribution in [0.4, 0.5) is 0 Å². The number of hydrogen-bond donors (Lipinski definition) is 2. The van der Waals surface area contributed by atoms with Crippen molar-refractivity contribution in [2.75, 3.05) is 26.4 Å². The Kier molecular flexibility index (Phi) is 4.95. The van der Waals surface area contributed by atoms with Crippen molar-refractivity contribution in [2.24, 2.45) is 5.41 Å². The second-order valence-corrected chi connectivity index (χ2v) is 7.33. The van der Waals surface area contributed by atoms with Crippen LogP contribution in [-0.4, -0.2) is 37.4 Å². The molecule has 0 spiro atoms. The molecule has 1 aliphatic carbocycles. The van der Waals surface area contributed by atoms with E-state index in [9.17, 15) is 9.90 Å². The Morgan fingerprint density at radius 1 is 1.17 bits per heavy atom. The molecule has 1 saturated heterocycles. The number of hydrogen-bond acceptors (Lipinski definition) is 3. The third-order valence-electron chi connectivity index (χ3n) is 5.55. The van der Waals surface area contributed by atoms with Gasteiger partial charge in [-0.3, -0.25) is 4.79 Å². The van der Waals surface area contributed by atoms with E-state index < -0.39 is 5.41 Å². The molecule has 1 amide bonds. The minimum atomic E-state index is -0.424. The Balaban J connectivity index is 1.69. The molecule has 1 heterocycles. The normalized spacial score (nSPS) is 22.2. The van der Waals surface area contributed by atoms with Crippen molar-refractivity contribution in [3.8, 4) is 0 Å². The molecule has 3 rings (SSSR count). The summed E-state index contributed by atoms with van der Waals surface area (Å²) in [5.41, 5.74) is 0.376. The van der Waals surface area contributed by atoms with E-state index in [2.05, 4.69) is 5.32 Å². The molecule has 0 atom stereocenters. The van der Waals surface area contributed by atoms with Crippen LogP contribution in [0, 0.1) is 5.41 Å². The number of aliphatic hydroxyl groups excluding tert-OH is 1. The van der Waals surface area contributed by atoms with Crippen LogP contribution in [0.2, 0.25) is 5.02 Å². The van der Waals surface area contributed by atoms with Gasteiger partial charge in [0, 0.05) is 30.2 Å². The van der Waals surface area contributed by atoms with Gasteiger partial charge in [0.2, 0.25) is 5.91 Å². The number of halogens is 1. The van der Waals surface area contributed by atoms with Gasteiger partial charge in [0.05, 0.1) is 12.0 Å². The minimum absolute atomic E-state index is 0.0744. The second kappa shape index (κ2) is 6.80. The van der Waals surface area contributed by atoms with Crippen LogP contribution in [0.1, 0.15) is 37.7 Å². The summed E-state index contributed by atoms with van der Waals surface area (Å²) in [4.78, 5) is 12.9. The molecule has 126 valence electrons. The summed E-state index contributed by atoms with van der Waals surface area (Å²) in [7, 11) is 0. The highest BCUT2D eigenvalue weighted by atomic mass is 35.5. The fraction of sp³-hybridized carbons (Fsp3) is 0.611. The molecular formula is C18H24ClNO3. The van der Waals surface area contributed by atoms with E-state index in [1.54, 1.807) is 0 Å². The van der Waals surface area contributed by atoms with Gasteiger partial charge in [0.1, 0.15) is 0 Å². The van der Waals surface area contributed by atoms with E-state index >= 15 is 0 Å². The molecule has 0 unspecified atom stereocenters. The van der Waals surface area contributed by atoms with Crippen molar-refractivity contribution >= 4 is 17.5 Å². The van der Waals surface area contributed by atoms with Crippen molar-refractivity contribution < 1.29 is 14.6 Å². The van der Waals surface area contributed by atoms with Crippen LogP contribution >= 0.6 is 11.6 Å². The Morgan fingerprint density at radius 2 is 1.83 bits per heavy atom. The van der Waals surface area contributed by atoms with Gasteiger partial charge < -0.3 is 15.2 Å². The molecule has 0 bridgehead atoms. The van der Waals surface area contributed by atoms with Gasteiger partial charge >= 0.3 is 0 Å². The molecule has 2 fully saturated rings. The lowest BCUT2D eigenvalue weighted by atomic mass is 9.63. The molecule has 23 heavy (non-hydrogen) atoms. The highest BCUT2D eigenvalue weighted by Gasteiger charge is 2.46. The summed E-state index contributed by atoms with van der Waals surface area (Å²) in [5, 5.41) is 13.6. The van der Waals surface area contributed by atoms with Crippen LogP contribution < -0.4 is 5.32 Å². The summed E-state index contributed by atoms with van der Waals surface area (Å²) in [6, 6.07) is 7.60. The first-order valence-corrected chi connectivity index (χ1v) is 8.71. The third kappa shape index (κ3) is 3.25. The van der Waals surface area contributed by atoms with Crippen LogP contribution in [0.3, 0.4) is 0 Å². The Bertz CT molecular complexity index is 548. The predicted octanol–water partition coefficient (Wildman–Crippen LogP) is 2.67. The largest absolute Gasteiger partial charge is 0.396 e. The Labute approximate surface area is 142 Å². The zero-order valence-electron chi connectivity index (χ0n) is 13.3. The summed E-state index contributed by atoms with van der Waals surface area (Å²) in [5.74, 6) is 0.0744. The molecule has 1 aromatic rings. The summed E-state index contributed by atoms with van der Waals surface area (Å²) < 4.78 is 5.38. The maximum atomic E-state index is 12.9. The summed E-state index contributed by atoms with van der Waals surface area (Å²) >= 11 is 5.96. The molecule has 2 aliphatic rings. The van der Waals surface area contributed by atoms with Crippen molar-refractivity contribution in [3.05, 3.63) is 34.9 Å². The molecule has 0 aromatic heterocycles. The quantitative estimate of drug-likeness (QED) is 0.868. The van der Waals surface area contributed by atoms with E-state index in [4.69, 9.17) is 16.3 Å². The lowest BCUT2D eigenvalue weighted by molar-refractivity contribution is -0.131. The maximum Gasteiger partial charge on any atom is 0.230 e. The fourth-order valence-electron chi connectivity index (χ4n) is 3.58. The van der Waals surface area contributed by atoms with Crippen molar-refractivity contribution in [1.29, 1.82) is 0 Å². The number of benzene rings is 1. The van der Waals surface area contributed by atoms with Gasteiger partial charge in [-0.15, -0.1) is 0 Å². The van der Waals surface area contributed by atoms with Gasteiger partial charge in [-0.25, -0.2) is 0 Å². The van der Waals surface area contributed by atoms with Crippen LogP contribution in [0.25, 0.3) is 0 Å². The maximum absolute atomic E-state index is 12.9. The van der Waals surface area contributed by atoms with Gasteiger partial charge in [-0.1, -0.05) is 30.2 Å². The molecule has 4 nitrogen and oxygen atoms in total. The van der Waals surface area contributed by atoms with Gasteiger partial charge in [-0.2, -0.15) is 0 Å². The average molecular weight is 338 g/mol. The summed E-state index contributed by atoms with van der Waals surface area (Å²) in [6.45, 7) is 1.91. The number of ether oxygens (including phenoxy) is 1. The van der Waals surface area contributed by atoms with Crippen molar-refractivity contribution in [2.45, 2.75) is 37.5 Å². The van der Waals surface area contributed by atoms with Crippen LogP contribution in [0.5, 0.6) is 0 Å². The number of aliphatic hydroxyl groups is 1. The van der Waals surface area contributed by atoms with Crippen molar-refractivity contribution in [3.63, 3.8) is 0 Å². The van der Waals surface area contributed by atoms with E-state index in [1.165, 1.54) is 0 Å². The number of carbonyl (C=O) groups excluding carboxylic acids is 1. The molecular weight excluding hydrogens is 314 g/mol. The first-order chi connectivity index (χ1) is 11.1. The number of nitrogens with one attached hydrogen (secondary N) is 1. The van der Waals surface area contributed by atoms with E-state index in [1.807, 2.05) is 24.3 Å². The average Bonchev–Trinajstić information content (AvgIpc) is 2.54. The molecule has 1 aromatic carbocycles. The first kappa shape index (κ1) is 16.7. The molecule has 1 saturated carbocycles. The third-order valence-corrected chi connectivity index (χ3v) is 5.80. The molecule has 5 heteroatoms. The monoisotopic (exact) mass is 337 g/mol. The summed E-state index contributed by atoms with van der Waals surface area (Å²) in [6.07, 6.45) is 4.38. The highest BCUT2D eigenvalue weighted by Crippen LogP contribution is 2.44. The van der Waals surface area contributed by atoms with Gasteiger partial charge in [0.15, 0.2) is 0 Å². The fourth-order valence-corrected chi connectivity index (χ4v) is 3.70. The van der Waals surface area contributed by atoms with Crippen LogP contribution in [-0.2, 0) is 14.9 Å². The topological polar surface area (TPSA) is 58.6 Å². The van der Waals surface area contributed by atoms with Crippen LogP contribution in [0.15, 0.2) is 24.3 Å². The van der Waals surface area contributed by atoms with E-state index in [0.29, 0.717) is 24.8 Å².